The smallest absolute Gasteiger partial charge is 0.325 e. The molecule has 0 saturated carbocycles. The first-order valence-corrected chi connectivity index (χ1v) is 9.03. The van der Waals surface area contributed by atoms with Gasteiger partial charge >= 0.3 is 5.97 Å². The number of esters is 1. The molecule has 28 heavy (non-hydrogen) atoms. The molecule has 2 rings (SSSR count). The number of amides is 2. The molecule has 2 amide bonds. The van der Waals surface area contributed by atoms with E-state index in [9.17, 15) is 14.4 Å². The topological polar surface area (TPSA) is 84.5 Å². The normalized spacial score (nSPS) is 10.9. The number of carbonyl (C=O) groups excluding carboxylic acids is 3. The lowest BCUT2D eigenvalue weighted by Crippen LogP contribution is -2.34. The summed E-state index contributed by atoms with van der Waals surface area (Å²) in [5, 5.41) is 5.41. The highest BCUT2D eigenvalue weighted by Gasteiger charge is 2.29. The van der Waals surface area contributed by atoms with Crippen LogP contribution in [0.5, 0.6) is 0 Å². The minimum Gasteiger partial charge on any atom is -0.468 e. The predicted octanol–water partition coefficient (Wildman–Crippen LogP) is 2.74. The monoisotopic (exact) mass is 382 g/mol. The van der Waals surface area contributed by atoms with Crippen LogP contribution in [-0.2, 0) is 31.0 Å². The average molecular weight is 382 g/mol. The molecule has 0 spiro atoms. The molecule has 0 radical (unpaired) electrons. The van der Waals surface area contributed by atoms with Gasteiger partial charge in [-0.1, -0.05) is 42.0 Å². The van der Waals surface area contributed by atoms with Crippen LogP contribution in [0.2, 0.25) is 0 Å². The molecule has 0 aliphatic heterocycles. The number of ether oxygens (including phenoxy) is 1. The van der Waals surface area contributed by atoms with Gasteiger partial charge in [-0.2, -0.15) is 0 Å². The molecule has 0 bridgehead atoms. The number of hydrogen-bond acceptors (Lipinski definition) is 4. The van der Waals surface area contributed by atoms with E-state index in [0.717, 1.165) is 16.7 Å². The summed E-state index contributed by atoms with van der Waals surface area (Å²) in [6.07, 6.45) is 0.139. The third kappa shape index (κ3) is 5.67. The zero-order valence-corrected chi connectivity index (χ0v) is 16.7. The first kappa shape index (κ1) is 21.2. The molecule has 0 unspecified atom stereocenters. The van der Waals surface area contributed by atoms with Crippen molar-refractivity contribution in [3.8, 4) is 0 Å². The van der Waals surface area contributed by atoms with Gasteiger partial charge in [0.05, 0.1) is 18.9 Å². The minimum atomic E-state index is -0.680. The average Bonchev–Trinajstić information content (AvgIpc) is 2.67. The van der Waals surface area contributed by atoms with Gasteiger partial charge in [0.2, 0.25) is 11.8 Å². The fourth-order valence-electron chi connectivity index (χ4n) is 2.59. The molecule has 0 aliphatic carbocycles. The van der Waals surface area contributed by atoms with E-state index in [1.54, 1.807) is 24.3 Å². The van der Waals surface area contributed by atoms with Crippen LogP contribution in [-0.4, -0.2) is 31.4 Å². The highest BCUT2D eigenvalue weighted by molar-refractivity contribution is 5.98. The van der Waals surface area contributed by atoms with Gasteiger partial charge < -0.3 is 15.4 Å². The zero-order valence-electron chi connectivity index (χ0n) is 16.7. The number of nitrogens with one attached hydrogen (secondary N) is 2. The summed E-state index contributed by atoms with van der Waals surface area (Å²) in [4.78, 5) is 35.6. The molecule has 0 heterocycles. The van der Waals surface area contributed by atoms with Gasteiger partial charge in [-0.15, -0.1) is 0 Å². The van der Waals surface area contributed by atoms with Gasteiger partial charge in [-0.3, -0.25) is 14.4 Å². The van der Waals surface area contributed by atoms with Crippen LogP contribution in [0.1, 0.15) is 30.5 Å². The van der Waals surface area contributed by atoms with E-state index in [-0.39, 0.29) is 24.8 Å². The maximum atomic E-state index is 12.7. The third-order valence-electron chi connectivity index (χ3n) is 4.57. The Kier molecular flexibility index (Phi) is 6.93. The van der Waals surface area contributed by atoms with Crippen LogP contribution >= 0.6 is 0 Å². The number of anilines is 1. The van der Waals surface area contributed by atoms with Crippen LogP contribution in [0, 0.1) is 6.92 Å². The van der Waals surface area contributed by atoms with Gasteiger partial charge in [0, 0.05) is 5.69 Å². The van der Waals surface area contributed by atoms with E-state index in [4.69, 9.17) is 0 Å². The molecule has 0 fully saturated rings. The van der Waals surface area contributed by atoms with Crippen molar-refractivity contribution in [3.63, 3.8) is 0 Å². The number of benzene rings is 2. The van der Waals surface area contributed by atoms with Crippen LogP contribution in [0.4, 0.5) is 5.69 Å². The van der Waals surface area contributed by atoms with Gasteiger partial charge in [-0.25, -0.2) is 0 Å². The van der Waals surface area contributed by atoms with Crippen molar-refractivity contribution in [3.05, 3.63) is 65.2 Å². The minimum absolute atomic E-state index is 0.111. The summed E-state index contributed by atoms with van der Waals surface area (Å²) in [7, 11) is 1.27. The summed E-state index contributed by atoms with van der Waals surface area (Å²) in [5.41, 5.74) is 2.84. The van der Waals surface area contributed by atoms with Crippen LogP contribution < -0.4 is 10.6 Å². The number of aryl methyl sites for hydroxylation is 1. The first-order valence-electron chi connectivity index (χ1n) is 9.03. The van der Waals surface area contributed by atoms with Crippen molar-refractivity contribution < 1.29 is 19.1 Å². The summed E-state index contributed by atoms with van der Waals surface area (Å²) in [6.45, 7) is 5.62. The fraction of sp³-hybridized carbons (Fsp3) is 0.318. The highest BCUT2D eigenvalue weighted by Crippen LogP contribution is 2.25. The number of hydrogen-bond donors (Lipinski definition) is 2. The van der Waals surface area contributed by atoms with E-state index in [0.29, 0.717) is 5.69 Å². The first-order chi connectivity index (χ1) is 13.2. The second-order valence-electron chi connectivity index (χ2n) is 7.17. The molecule has 0 atom stereocenters. The van der Waals surface area contributed by atoms with Crippen LogP contribution in [0.3, 0.4) is 0 Å². The fourth-order valence-corrected chi connectivity index (χ4v) is 2.59. The molecule has 6 nitrogen and oxygen atoms in total. The predicted molar refractivity (Wildman–Crippen MR) is 108 cm³/mol. The Balaban J connectivity index is 1.96. The lowest BCUT2D eigenvalue weighted by molar-refractivity contribution is -0.141. The third-order valence-corrected chi connectivity index (χ3v) is 4.57. The molecule has 148 valence electrons. The Morgan fingerprint density at radius 1 is 0.964 bits per heavy atom. The standard InChI is InChI=1S/C22H26N2O4/c1-15-5-9-17(10-6-15)22(2,3)21(27)24-18-11-7-16(8-12-18)13-19(25)23-14-20(26)28-4/h5-12H,13-14H2,1-4H3,(H,23,25)(H,24,27). The second-order valence-corrected chi connectivity index (χ2v) is 7.17. The molecular weight excluding hydrogens is 356 g/mol. The molecule has 2 aromatic rings. The lowest BCUT2D eigenvalue weighted by atomic mass is 9.83. The van der Waals surface area contributed by atoms with Gasteiger partial charge in [0.15, 0.2) is 0 Å². The van der Waals surface area contributed by atoms with Crippen molar-refractivity contribution in [2.75, 3.05) is 19.0 Å². The molecule has 0 aliphatic rings. The van der Waals surface area contributed by atoms with E-state index in [2.05, 4.69) is 15.4 Å². The molecule has 2 aromatic carbocycles. The van der Waals surface area contributed by atoms with Gasteiger partial charge in [0.1, 0.15) is 6.54 Å². The lowest BCUT2D eigenvalue weighted by Gasteiger charge is -2.24. The SMILES string of the molecule is COC(=O)CNC(=O)Cc1ccc(NC(=O)C(C)(C)c2ccc(C)cc2)cc1. The molecule has 0 aromatic heterocycles. The highest BCUT2D eigenvalue weighted by atomic mass is 16.5. The Morgan fingerprint density at radius 2 is 1.57 bits per heavy atom. The van der Waals surface area contributed by atoms with Crippen molar-refractivity contribution in [2.24, 2.45) is 0 Å². The maximum absolute atomic E-state index is 12.7. The van der Waals surface area contributed by atoms with Gasteiger partial charge in [-0.05, 0) is 44.0 Å². The largest absolute Gasteiger partial charge is 0.468 e. The van der Waals surface area contributed by atoms with Crippen molar-refractivity contribution >= 4 is 23.5 Å². The van der Waals surface area contributed by atoms with E-state index in [1.807, 2.05) is 45.0 Å². The van der Waals surface area contributed by atoms with E-state index >= 15 is 0 Å². The second kappa shape index (κ2) is 9.17. The molecular formula is C22H26N2O4. The molecule has 6 heteroatoms. The van der Waals surface area contributed by atoms with Crippen LogP contribution in [0.15, 0.2) is 48.5 Å². The Labute approximate surface area is 165 Å². The quantitative estimate of drug-likeness (QED) is 0.721. The summed E-state index contributed by atoms with van der Waals surface area (Å²) < 4.78 is 4.47. The van der Waals surface area contributed by atoms with Crippen molar-refractivity contribution in [1.29, 1.82) is 0 Å². The van der Waals surface area contributed by atoms with Crippen molar-refractivity contribution in [1.82, 2.24) is 5.32 Å². The van der Waals surface area contributed by atoms with Crippen LogP contribution in [0.25, 0.3) is 0 Å². The summed E-state index contributed by atoms with van der Waals surface area (Å²) >= 11 is 0. The van der Waals surface area contributed by atoms with E-state index < -0.39 is 11.4 Å². The van der Waals surface area contributed by atoms with Crippen molar-refractivity contribution in [2.45, 2.75) is 32.6 Å². The number of rotatable bonds is 7. The maximum Gasteiger partial charge on any atom is 0.325 e. The Bertz CT molecular complexity index is 840. The summed E-state index contributed by atoms with van der Waals surface area (Å²) in [5.74, 6) is -0.884. The summed E-state index contributed by atoms with van der Waals surface area (Å²) in [6, 6.07) is 15.0. The number of carbonyl (C=O) groups is 3. The van der Waals surface area contributed by atoms with E-state index in [1.165, 1.54) is 7.11 Å². The van der Waals surface area contributed by atoms with Gasteiger partial charge in [0.25, 0.3) is 0 Å². The zero-order chi connectivity index (χ0) is 20.7. The Morgan fingerprint density at radius 3 is 2.14 bits per heavy atom. The molecule has 0 saturated heterocycles. The number of methoxy groups -OCH3 is 1. The Hall–Kier alpha value is -3.15. The molecule has 2 N–H and O–H groups in total.